The second kappa shape index (κ2) is 3.12. The molecular weight excluding hydrogens is 134 g/mol. The van der Waals surface area contributed by atoms with Gasteiger partial charge in [0.05, 0.1) is 0 Å². The monoisotopic (exact) mass is 151 g/mol. The van der Waals surface area contributed by atoms with E-state index in [1.165, 1.54) is 12.8 Å². The Bertz CT molecular complexity index is 197. The van der Waals surface area contributed by atoms with Crippen LogP contribution in [0.15, 0.2) is 24.5 Å². The van der Waals surface area contributed by atoms with Crippen LogP contribution in [0, 0.1) is 0 Å². The molecule has 0 fully saturated rings. The molecule has 62 valence electrons. The van der Waals surface area contributed by atoms with Crippen LogP contribution in [-0.2, 0) is 5.54 Å². The van der Waals surface area contributed by atoms with E-state index < -0.39 is 0 Å². The lowest BCUT2D eigenvalue weighted by Crippen LogP contribution is -2.24. The summed E-state index contributed by atoms with van der Waals surface area (Å²) in [5, 5.41) is 0. The van der Waals surface area contributed by atoms with Gasteiger partial charge in [0.1, 0.15) is 0 Å². The fourth-order valence-corrected chi connectivity index (χ4v) is 1.48. The van der Waals surface area contributed by atoms with E-state index in [9.17, 15) is 0 Å². The number of nitrogens with zero attached hydrogens (tertiary/aromatic N) is 1. The highest BCUT2D eigenvalue weighted by atomic mass is 15.0. The third-order valence-corrected chi connectivity index (χ3v) is 2.17. The molecule has 1 heterocycles. The van der Waals surface area contributed by atoms with Crippen molar-refractivity contribution in [3.8, 4) is 0 Å². The van der Waals surface area contributed by atoms with E-state index in [2.05, 4.69) is 49.9 Å². The molecule has 11 heavy (non-hydrogen) atoms. The van der Waals surface area contributed by atoms with Crippen LogP contribution in [0.5, 0.6) is 0 Å². The van der Waals surface area contributed by atoms with Crippen molar-refractivity contribution in [1.29, 1.82) is 0 Å². The molecule has 0 saturated heterocycles. The molecule has 0 unspecified atom stereocenters. The first-order valence-electron chi connectivity index (χ1n) is 4.30. The van der Waals surface area contributed by atoms with Gasteiger partial charge in [0.2, 0.25) is 0 Å². The van der Waals surface area contributed by atoms with Crippen molar-refractivity contribution in [1.82, 2.24) is 4.57 Å². The summed E-state index contributed by atoms with van der Waals surface area (Å²) in [6, 6.07) is 4.16. The Morgan fingerprint density at radius 2 is 1.73 bits per heavy atom. The van der Waals surface area contributed by atoms with E-state index in [-0.39, 0.29) is 5.54 Å². The molecule has 0 radical (unpaired) electrons. The third kappa shape index (κ3) is 1.86. The van der Waals surface area contributed by atoms with Crippen molar-refractivity contribution in [3.63, 3.8) is 0 Å². The van der Waals surface area contributed by atoms with Gasteiger partial charge >= 0.3 is 0 Å². The summed E-state index contributed by atoms with van der Waals surface area (Å²) in [5.41, 5.74) is 0.290. The molecule has 0 amide bonds. The summed E-state index contributed by atoms with van der Waals surface area (Å²) in [6.45, 7) is 6.78. The zero-order valence-corrected chi connectivity index (χ0v) is 7.67. The lowest BCUT2D eigenvalue weighted by molar-refractivity contribution is 0.325. The van der Waals surface area contributed by atoms with E-state index in [4.69, 9.17) is 0 Å². The van der Waals surface area contributed by atoms with Gasteiger partial charge in [-0.3, -0.25) is 0 Å². The third-order valence-electron chi connectivity index (χ3n) is 2.17. The van der Waals surface area contributed by atoms with Crippen LogP contribution in [0.25, 0.3) is 0 Å². The predicted octanol–water partition coefficient (Wildman–Crippen LogP) is 3.02. The molecule has 0 aliphatic heterocycles. The van der Waals surface area contributed by atoms with Crippen molar-refractivity contribution in [2.45, 2.75) is 39.2 Å². The van der Waals surface area contributed by atoms with Crippen LogP contribution in [0.4, 0.5) is 0 Å². The van der Waals surface area contributed by atoms with Gasteiger partial charge in [0, 0.05) is 17.9 Å². The fraction of sp³-hybridized carbons (Fsp3) is 0.600. The molecule has 0 bridgehead atoms. The molecule has 0 aliphatic carbocycles. The zero-order valence-electron chi connectivity index (χ0n) is 7.67. The van der Waals surface area contributed by atoms with Crippen LogP contribution in [0.1, 0.15) is 33.6 Å². The smallest absolute Gasteiger partial charge is 0.0383 e. The highest BCUT2D eigenvalue weighted by molar-refractivity contribution is 4.95. The Balaban J connectivity index is 2.73. The Morgan fingerprint density at radius 3 is 2.18 bits per heavy atom. The molecule has 1 heteroatoms. The highest BCUT2D eigenvalue weighted by Crippen LogP contribution is 2.20. The SMILES string of the molecule is CCCC(C)(C)n1cccc1. The number of rotatable bonds is 3. The van der Waals surface area contributed by atoms with Crippen molar-refractivity contribution in [2.24, 2.45) is 0 Å². The minimum atomic E-state index is 0.290. The van der Waals surface area contributed by atoms with Crippen LogP contribution in [0.2, 0.25) is 0 Å². The quantitative estimate of drug-likeness (QED) is 0.625. The maximum absolute atomic E-state index is 2.27. The normalized spacial score (nSPS) is 11.9. The molecule has 0 spiro atoms. The first-order valence-corrected chi connectivity index (χ1v) is 4.30. The standard InChI is InChI=1S/C10H17N/c1-4-7-10(2,3)11-8-5-6-9-11/h5-6,8-9H,4,7H2,1-3H3. The maximum atomic E-state index is 2.27. The highest BCUT2D eigenvalue weighted by Gasteiger charge is 2.16. The summed E-state index contributed by atoms with van der Waals surface area (Å²) in [6.07, 6.45) is 6.75. The lowest BCUT2D eigenvalue weighted by Gasteiger charge is -2.26. The van der Waals surface area contributed by atoms with Gasteiger partial charge < -0.3 is 4.57 Å². The fourth-order valence-electron chi connectivity index (χ4n) is 1.48. The molecule has 0 aromatic carbocycles. The predicted molar refractivity (Wildman–Crippen MR) is 48.7 cm³/mol. The number of aromatic nitrogens is 1. The average molecular weight is 151 g/mol. The van der Waals surface area contributed by atoms with Crippen molar-refractivity contribution >= 4 is 0 Å². The second-order valence-electron chi connectivity index (χ2n) is 3.65. The van der Waals surface area contributed by atoms with Gasteiger partial charge in [0.25, 0.3) is 0 Å². The van der Waals surface area contributed by atoms with Crippen LogP contribution < -0.4 is 0 Å². The molecule has 1 aromatic rings. The molecule has 0 atom stereocenters. The van der Waals surface area contributed by atoms with Gasteiger partial charge in [-0.05, 0) is 32.4 Å². The number of hydrogen-bond donors (Lipinski definition) is 0. The molecule has 0 saturated carbocycles. The summed E-state index contributed by atoms with van der Waals surface area (Å²) < 4.78 is 2.27. The average Bonchev–Trinajstić information content (AvgIpc) is 2.37. The Labute approximate surface area is 69.0 Å². The van der Waals surface area contributed by atoms with Gasteiger partial charge in [-0.15, -0.1) is 0 Å². The topological polar surface area (TPSA) is 4.93 Å². The summed E-state index contributed by atoms with van der Waals surface area (Å²) >= 11 is 0. The largest absolute Gasteiger partial charge is 0.349 e. The van der Waals surface area contributed by atoms with Gasteiger partial charge in [-0.1, -0.05) is 13.3 Å². The van der Waals surface area contributed by atoms with E-state index in [0.717, 1.165) is 0 Å². The van der Waals surface area contributed by atoms with Crippen LogP contribution in [0.3, 0.4) is 0 Å². The molecule has 1 aromatic heterocycles. The van der Waals surface area contributed by atoms with E-state index in [0.29, 0.717) is 0 Å². The van der Waals surface area contributed by atoms with E-state index in [1.54, 1.807) is 0 Å². The second-order valence-corrected chi connectivity index (χ2v) is 3.65. The van der Waals surface area contributed by atoms with Crippen LogP contribution >= 0.6 is 0 Å². The first-order chi connectivity index (χ1) is 5.17. The zero-order chi connectivity index (χ0) is 8.32. The number of hydrogen-bond acceptors (Lipinski definition) is 0. The molecule has 1 nitrogen and oxygen atoms in total. The summed E-state index contributed by atoms with van der Waals surface area (Å²) in [5.74, 6) is 0. The summed E-state index contributed by atoms with van der Waals surface area (Å²) in [4.78, 5) is 0. The Kier molecular flexibility index (Phi) is 2.38. The molecule has 0 N–H and O–H groups in total. The Hall–Kier alpha value is -0.720. The van der Waals surface area contributed by atoms with E-state index in [1.807, 2.05) is 0 Å². The molecule has 1 rings (SSSR count). The van der Waals surface area contributed by atoms with Gasteiger partial charge in [0.15, 0.2) is 0 Å². The van der Waals surface area contributed by atoms with Crippen molar-refractivity contribution in [3.05, 3.63) is 24.5 Å². The molecule has 0 aliphatic rings. The van der Waals surface area contributed by atoms with Gasteiger partial charge in [-0.2, -0.15) is 0 Å². The Morgan fingerprint density at radius 1 is 1.18 bits per heavy atom. The summed E-state index contributed by atoms with van der Waals surface area (Å²) in [7, 11) is 0. The van der Waals surface area contributed by atoms with Crippen LogP contribution in [-0.4, -0.2) is 4.57 Å². The minimum absolute atomic E-state index is 0.290. The van der Waals surface area contributed by atoms with Crippen molar-refractivity contribution < 1.29 is 0 Å². The first kappa shape index (κ1) is 8.38. The molecular formula is C10H17N. The minimum Gasteiger partial charge on any atom is -0.349 e. The lowest BCUT2D eigenvalue weighted by atomic mass is 9.99. The van der Waals surface area contributed by atoms with Gasteiger partial charge in [-0.25, -0.2) is 0 Å². The maximum Gasteiger partial charge on any atom is 0.0383 e. The van der Waals surface area contributed by atoms with Crippen molar-refractivity contribution in [2.75, 3.05) is 0 Å². The van der Waals surface area contributed by atoms with E-state index >= 15 is 0 Å².